The molecule has 0 aliphatic heterocycles. The normalized spacial score (nSPS) is 10.9. The first kappa shape index (κ1) is 15.8. The van der Waals surface area contributed by atoms with Crippen LogP contribution in [0.25, 0.3) is 11.4 Å². The first-order valence-corrected chi connectivity index (χ1v) is 8.40. The van der Waals surface area contributed by atoms with Crippen molar-refractivity contribution in [2.24, 2.45) is 5.92 Å². The third-order valence-electron chi connectivity index (χ3n) is 3.08. The van der Waals surface area contributed by atoms with Crippen LogP contribution in [0.15, 0.2) is 35.2 Å². The number of hydrogen-bond acceptors (Lipinski definition) is 4. The van der Waals surface area contributed by atoms with Gasteiger partial charge in [-0.3, -0.25) is 0 Å². The predicted octanol–water partition coefficient (Wildman–Crippen LogP) is 4.50. The molecule has 2 aromatic rings. The van der Waals surface area contributed by atoms with E-state index in [2.05, 4.69) is 55.3 Å². The van der Waals surface area contributed by atoms with Crippen molar-refractivity contribution in [1.29, 1.82) is 0 Å². The maximum Gasteiger partial charge on any atom is 0.161 e. The number of hydrogen-bond donors (Lipinski definition) is 1. The average Bonchev–Trinajstić information content (AvgIpc) is 2.47. The van der Waals surface area contributed by atoms with Crippen LogP contribution in [0.2, 0.25) is 0 Å². The Morgan fingerprint density at radius 2 is 1.86 bits per heavy atom. The van der Waals surface area contributed by atoms with Crippen molar-refractivity contribution in [3.05, 3.63) is 36.0 Å². The molecule has 0 unspecified atom stereocenters. The summed E-state index contributed by atoms with van der Waals surface area (Å²) in [4.78, 5) is 10.6. The Bertz CT molecular complexity index is 579. The summed E-state index contributed by atoms with van der Waals surface area (Å²) in [6, 6.07) is 10.5. The van der Waals surface area contributed by atoms with Crippen LogP contribution in [0.1, 0.15) is 26.5 Å². The molecule has 112 valence electrons. The van der Waals surface area contributed by atoms with E-state index in [4.69, 9.17) is 4.98 Å². The Morgan fingerprint density at radius 3 is 2.43 bits per heavy atom. The van der Waals surface area contributed by atoms with E-state index >= 15 is 0 Å². The Kier molecular flexibility index (Phi) is 5.62. The van der Waals surface area contributed by atoms with Gasteiger partial charge in [-0.2, -0.15) is 0 Å². The summed E-state index contributed by atoms with van der Waals surface area (Å²) in [6.07, 6.45) is 0.966. The molecule has 1 N–H and O–H groups in total. The van der Waals surface area contributed by atoms with Crippen molar-refractivity contribution < 1.29 is 0 Å². The SMILES string of the molecule is CCSc1ccc(-c2nc(CC(C)C)cc(NC)n2)cc1. The Morgan fingerprint density at radius 1 is 1.14 bits per heavy atom. The lowest BCUT2D eigenvalue weighted by molar-refractivity contribution is 0.635. The predicted molar refractivity (Wildman–Crippen MR) is 92.0 cm³/mol. The van der Waals surface area contributed by atoms with E-state index in [1.54, 1.807) is 0 Å². The van der Waals surface area contributed by atoms with Gasteiger partial charge in [-0.05, 0) is 30.2 Å². The van der Waals surface area contributed by atoms with Gasteiger partial charge >= 0.3 is 0 Å². The number of rotatable bonds is 6. The molecule has 0 atom stereocenters. The standard InChI is InChI=1S/C17H23N3S/c1-5-21-15-8-6-13(7-9-15)17-19-14(10-12(2)3)11-16(18-4)20-17/h6-9,11-12H,5,10H2,1-4H3,(H,18,19,20). The maximum atomic E-state index is 4.71. The van der Waals surface area contributed by atoms with Crippen molar-refractivity contribution in [2.75, 3.05) is 18.1 Å². The molecule has 0 amide bonds. The summed E-state index contributed by atoms with van der Waals surface area (Å²) in [5.41, 5.74) is 2.16. The fourth-order valence-corrected chi connectivity index (χ4v) is 2.81. The molecular formula is C17H23N3S. The minimum Gasteiger partial charge on any atom is -0.373 e. The van der Waals surface area contributed by atoms with Gasteiger partial charge in [-0.15, -0.1) is 11.8 Å². The number of nitrogens with one attached hydrogen (secondary N) is 1. The van der Waals surface area contributed by atoms with Crippen molar-refractivity contribution in [3.8, 4) is 11.4 Å². The molecule has 4 heteroatoms. The van der Waals surface area contributed by atoms with Crippen LogP contribution in [-0.2, 0) is 6.42 Å². The quantitative estimate of drug-likeness (QED) is 0.797. The van der Waals surface area contributed by atoms with E-state index in [1.165, 1.54) is 4.90 Å². The highest BCUT2D eigenvalue weighted by Gasteiger charge is 2.08. The summed E-state index contributed by atoms with van der Waals surface area (Å²) in [5, 5.41) is 3.13. The molecule has 1 heterocycles. The molecule has 1 aromatic heterocycles. The van der Waals surface area contributed by atoms with Crippen molar-refractivity contribution in [1.82, 2.24) is 9.97 Å². The fraction of sp³-hybridized carbons (Fsp3) is 0.412. The van der Waals surface area contributed by atoms with Crippen molar-refractivity contribution >= 4 is 17.6 Å². The summed E-state index contributed by atoms with van der Waals surface area (Å²) in [5.74, 6) is 3.35. The minimum atomic E-state index is 0.584. The Balaban J connectivity index is 2.32. The minimum absolute atomic E-state index is 0.584. The molecule has 0 bridgehead atoms. The molecule has 1 aromatic carbocycles. The summed E-state index contributed by atoms with van der Waals surface area (Å²) >= 11 is 1.85. The second-order valence-corrected chi connectivity index (χ2v) is 6.71. The van der Waals surface area contributed by atoms with Crippen LogP contribution in [0.4, 0.5) is 5.82 Å². The first-order valence-electron chi connectivity index (χ1n) is 7.41. The second-order valence-electron chi connectivity index (χ2n) is 5.37. The van der Waals surface area contributed by atoms with Crippen LogP contribution in [-0.4, -0.2) is 22.8 Å². The van der Waals surface area contributed by atoms with Crippen LogP contribution in [0.3, 0.4) is 0 Å². The maximum absolute atomic E-state index is 4.71. The smallest absolute Gasteiger partial charge is 0.161 e. The van der Waals surface area contributed by atoms with Crippen LogP contribution in [0, 0.1) is 5.92 Å². The Hall–Kier alpha value is -1.55. The number of thioether (sulfide) groups is 1. The highest BCUT2D eigenvalue weighted by atomic mass is 32.2. The monoisotopic (exact) mass is 301 g/mol. The van der Waals surface area contributed by atoms with Gasteiger partial charge in [0.2, 0.25) is 0 Å². The fourth-order valence-electron chi connectivity index (χ4n) is 2.14. The van der Waals surface area contributed by atoms with Gasteiger partial charge in [0.15, 0.2) is 5.82 Å². The number of anilines is 1. The molecule has 3 nitrogen and oxygen atoms in total. The first-order chi connectivity index (χ1) is 10.1. The number of aromatic nitrogens is 2. The molecule has 0 aliphatic carbocycles. The largest absolute Gasteiger partial charge is 0.373 e. The molecule has 0 saturated carbocycles. The topological polar surface area (TPSA) is 37.8 Å². The van der Waals surface area contributed by atoms with Crippen LogP contribution in [0.5, 0.6) is 0 Å². The third-order valence-corrected chi connectivity index (χ3v) is 3.97. The highest BCUT2D eigenvalue weighted by molar-refractivity contribution is 7.99. The van der Waals surface area contributed by atoms with Crippen molar-refractivity contribution in [3.63, 3.8) is 0 Å². The number of benzene rings is 1. The van der Waals surface area contributed by atoms with E-state index in [-0.39, 0.29) is 0 Å². The molecule has 0 spiro atoms. The second kappa shape index (κ2) is 7.46. The zero-order valence-electron chi connectivity index (χ0n) is 13.2. The van der Waals surface area contributed by atoms with Gasteiger partial charge in [0.1, 0.15) is 5.82 Å². The van der Waals surface area contributed by atoms with Gasteiger partial charge in [0.25, 0.3) is 0 Å². The van der Waals surface area contributed by atoms with Gasteiger partial charge in [0, 0.05) is 29.3 Å². The molecule has 0 saturated heterocycles. The van der Waals surface area contributed by atoms with Crippen LogP contribution >= 0.6 is 11.8 Å². The number of nitrogens with zero attached hydrogens (tertiary/aromatic N) is 2. The van der Waals surface area contributed by atoms with Gasteiger partial charge in [-0.1, -0.05) is 32.9 Å². The molecule has 21 heavy (non-hydrogen) atoms. The average molecular weight is 301 g/mol. The zero-order valence-corrected chi connectivity index (χ0v) is 14.0. The third kappa shape index (κ3) is 4.46. The lowest BCUT2D eigenvalue weighted by Gasteiger charge is -2.10. The van der Waals surface area contributed by atoms with Crippen LogP contribution < -0.4 is 5.32 Å². The van der Waals surface area contributed by atoms with E-state index in [1.807, 2.05) is 24.9 Å². The lowest BCUT2D eigenvalue weighted by atomic mass is 10.1. The van der Waals surface area contributed by atoms with E-state index in [9.17, 15) is 0 Å². The Labute approximate surface area is 131 Å². The highest BCUT2D eigenvalue weighted by Crippen LogP contribution is 2.23. The van der Waals surface area contributed by atoms with Gasteiger partial charge in [0.05, 0.1) is 0 Å². The molecule has 0 fully saturated rings. The summed E-state index contributed by atoms with van der Waals surface area (Å²) in [6.45, 7) is 6.57. The van der Waals surface area contributed by atoms with E-state index < -0.39 is 0 Å². The summed E-state index contributed by atoms with van der Waals surface area (Å²) < 4.78 is 0. The van der Waals surface area contributed by atoms with E-state index in [0.717, 1.165) is 35.1 Å². The molecule has 0 radical (unpaired) electrons. The van der Waals surface area contributed by atoms with Gasteiger partial charge < -0.3 is 5.32 Å². The summed E-state index contributed by atoms with van der Waals surface area (Å²) in [7, 11) is 1.90. The molecule has 0 aliphatic rings. The molecular weight excluding hydrogens is 278 g/mol. The van der Waals surface area contributed by atoms with E-state index in [0.29, 0.717) is 5.92 Å². The van der Waals surface area contributed by atoms with Gasteiger partial charge in [-0.25, -0.2) is 9.97 Å². The van der Waals surface area contributed by atoms with Crippen molar-refractivity contribution in [2.45, 2.75) is 32.1 Å². The molecule has 2 rings (SSSR count). The zero-order chi connectivity index (χ0) is 15.2. The lowest BCUT2D eigenvalue weighted by Crippen LogP contribution is -2.03.